The molecule has 1 aromatic carbocycles. The Morgan fingerprint density at radius 1 is 1.26 bits per heavy atom. The van der Waals surface area contributed by atoms with Gasteiger partial charge in [0.15, 0.2) is 0 Å². The number of benzene rings is 1. The molecule has 1 amide bonds. The van der Waals surface area contributed by atoms with Crippen LogP contribution in [0.1, 0.15) is 31.4 Å². The maximum atomic E-state index is 12.0. The van der Waals surface area contributed by atoms with Gasteiger partial charge in [0.25, 0.3) is 0 Å². The first kappa shape index (κ1) is 15.7. The Bertz CT molecular complexity index is 708. The minimum atomic E-state index is -0.862. The molecule has 0 saturated heterocycles. The summed E-state index contributed by atoms with van der Waals surface area (Å²) in [6.45, 7) is 0.331. The highest BCUT2D eigenvalue weighted by molar-refractivity contribution is 7.13. The molecule has 0 radical (unpaired) electrons. The van der Waals surface area contributed by atoms with Crippen molar-refractivity contribution < 1.29 is 14.7 Å². The summed E-state index contributed by atoms with van der Waals surface area (Å²) in [5.41, 5.74) is 0.996. The number of nitrogens with one attached hydrogen (secondary N) is 1. The molecule has 3 rings (SSSR count). The molecule has 23 heavy (non-hydrogen) atoms. The van der Waals surface area contributed by atoms with Crippen LogP contribution in [0.5, 0.6) is 0 Å². The highest BCUT2D eigenvalue weighted by atomic mass is 32.1. The van der Waals surface area contributed by atoms with Crippen molar-refractivity contribution in [1.29, 1.82) is 0 Å². The predicted molar refractivity (Wildman–Crippen MR) is 87.9 cm³/mol. The fourth-order valence-corrected chi connectivity index (χ4v) is 3.56. The number of carbonyl (C=O) groups excluding carboxylic acids is 1. The molecule has 2 N–H and O–H groups in total. The number of aliphatic carboxylic acids is 1. The molecule has 2 aromatic rings. The Morgan fingerprint density at radius 2 is 2.00 bits per heavy atom. The van der Waals surface area contributed by atoms with Crippen LogP contribution in [-0.4, -0.2) is 22.0 Å². The van der Waals surface area contributed by atoms with Crippen LogP contribution in [0.4, 0.5) is 0 Å². The number of carboxylic acids is 1. The summed E-state index contributed by atoms with van der Waals surface area (Å²) in [4.78, 5) is 27.8. The number of rotatable bonds is 6. The lowest BCUT2D eigenvalue weighted by Gasteiger charge is -2.36. The van der Waals surface area contributed by atoms with Crippen LogP contribution in [0.25, 0.3) is 10.6 Å². The van der Waals surface area contributed by atoms with Crippen LogP contribution < -0.4 is 5.32 Å². The van der Waals surface area contributed by atoms with Gasteiger partial charge in [-0.3, -0.25) is 9.59 Å². The number of amides is 1. The monoisotopic (exact) mass is 330 g/mol. The van der Waals surface area contributed by atoms with E-state index in [-0.39, 0.29) is 12.3 Å². The molecule has 1 saturated carbocycles. The van der Waals surface area contributed by atoms with Crippen molar-refractivity contribution in [2.75, 3.05) is 0 Å². The maximum absolute atomic E-state index is 12.0. The van der Waals surface area contributed by atoms with E-state index in [9.17, 15) is 14.7 Å². The molecule has 120 valence electrons. The normalized spacial score (nSPS) is 15.7. The van der Waals surface area contributed by atoms with Crippen molar-refractivity contribution in [3.05, 3.63) is 41.4 Å². The van der Waals surface area contributed by atoms with Gasteiger partial charge in [0.2, 0.25) is 5.91 Å². The molecular weight excluding hydrogens is 312 g/mol. The van der Waals surface area contributed by atoms with Gasteiger partial charge in [0.05, 0.1) is 17.7 Å². The molecule has 0 aliphatic heterocycles. The summed E-state index contributed by atoms with van der Waals surface area (Å²) in [6.07, 6.45) is 2.11. The van der Waals surface area contributed by atoms with Crippen molar-refractivity contribution in [1.82, 2.24) is 10.3 Å². The highest BCUT2D eigenvalue weighted by Gasteiger charge is 2.45. The zero-order chi connectivity index (χ0) is 16.3. The minimum Gasteiger partial charge on any atom is -0.481 e. The number of nitrogens with zero attached hydrogens (tertiary/aromatic N) is 1. The van der Waals surface area contributed by atoms with E-state index in [1.807, 2.05) is 35.7 Å². The molecule has 1 aliphatic rings. The van der Waals surface area contributed by atoms with Crippen LogP contribution in [0.3, 0.4) is 0 Å². The van der Waals surface area contributed by atoms with E-state index in [0.717, 1.165) is 22.7 Å². The zero-order valence-electron chi connectivity index (χ0n) is 12.6. The van der Waals surface area contributed by atoms with E-state index in [1.165, 1.54) is 11.3 Å². The average molecular weight is 330 g/mol. The third-order valence-corrected chi connectivity index (χ3v) is 5.24. The molecular formula is C17H18N2O3S. The van der Waals surface area contributed by atoms with Crippen molar-refractivity contribution in [3.63, 3.8) is 0 Å². The Morgan fingerprint density at radius 3 is 2.61 bits per heavy atom. The topological polar surface area (TPSA) is 79.3 Å². The van der Waals surface area contributed by atoms with Gasteiger partial charge >= 0.3 is 5.97 Å². The lowest BCUT2D eigenvalue weighted by atomic mass is 9.66. The lowest BCUT2D eigenvalue weighted by molar-refractivity contribution is -0.157. The van der Waals surface area contributed by atoms with Gasteiger partial charge < -0.3 is 10.4 Å². The number of hydrogen-bond acceptors (Lipinski definition) is 4. The maximum Gasteiger partial charge on any atom is 0.310 e. The highest BCUT2D eigenvalue weighted by Crippen LogP contribution is 2.44. The quantitative estimate of drug-likeness (QED) is 0.853. The fourth-order valence-electron chi connectivity index (χ4n) is 2.73. The first-order valence-electron chi connectivity index (χ1n) is 7.59. The molecule has 0 atom stereocenters. The third kappa shape index (κ3) is 3.42. The summed E-state index contributed by atoms with van der Waals surface area (Å²) in [5, 5.41) is 14.9. The largest absolute Gasteiger partial charge is 0.481 e. The zero-order valence-corrected chi connectivity index (χ0v) is 13.4. The minimum absolute atomic E-state index is 0.0536. The van der Waals surface area contributed by atoms with Crippen LogP contribution in [0.15, 0.2) is 35.7 Å². The molecule has 6 heteroatoms. The summed E-state index contributed by atoms with van der Waals surface area (Å²) in [7, 11) is 0. The molecule has 1 heterocycles. The summed E-state index contributed by atoms with van der Waals surface area (Å²) >= 11 is 1.53. The van der Waals surface area contributed by atoms with Crippen LogP contribution in [-0.2, 0) is 16.1 Å². The molecule has 0 spiro atoms. The van der Waals surface area contributed by atoms with E-state index < -0.39 is 11.4 Å². The molecule has 1 aliphatic carbocycles. The molecule has 0 bridgehead atoms. The van der Waals surface area contributed by atoms with Crippen molar-refractivity contribution in [2.24, 2.45) is 5.41 Å². The van der Waals surface area contributed by atoms with Crippen LogP contribution in [0.2, 0.25) is 0 Å². The molecule has 1 fully saturated rings. The van der Waals surface area contributed by atoms with Crippen LogP contribution >= 0.6 is 11.3 Å². The smallest absolute Gasteiger partial charge is 0.310 e. The van der Waals surface area contributed by atoms with E-state index in [1.54, 1.807) is 0 Å². The predicted octanol–water partition coefficient (Wildman–Crippen LogP) is 3.07. The van der Waals surface area contributed by atoms with Gasteiger partial charge in [-0.1, -0.05) is 36.8 Å². The third-order valence-electron chi connectivity index (χ3n) is 4.30. The van der Waals surface area contributed by atoms with Gasteiger partial charge in [0.1, 0.15) is 5.01 Å². The van der Waals surface area contributed by atoms with Gasteiger partial charge in [-0.15, -0.1) is 11.3 Å². The van der Waals surface area contributed by atoms with Gasteiger partial charge in [-0.25, -0.2) is 4.98 Å². The lowest BCUT2D eigenvalue weighted by Crippen LogP contribution is -2.42. The Hall–Kier alpha value is -2.21. The van der Waals surface area contributed by atoms with Gasteiger partial charge in [-0.05, 0) is 12.8 Å². The summed E-state index contributed by atoms with van der Waals surface area (Å²) in [5.74, 6) is -1.08. The second-order valence-electron chi connectivity index (χ2n) is 5.90. The molecule has 5 nitrogen and oxygen atoms in total. The standard InChI is InChI=1S/C17H18N2O3S/c20-14(9-17(16(21)22)7-4-8-17)18-10-13-11-23-15(19-13)12-5-2-1-3-6-12/h1-3,5-6,11H,4,7-10H2,(H,18,20)(H,21,22). The van der Waals surface area contributed by atoms with Crippen molar-refractivity contribution >= 4 is 23.2 Å². The first-order chi connectivity index (χ1) is 11.1. The Balaban J connectivity index is 1.56. The van der Waals surface area contributed by atoms with E-state index in [2.05, 4.69) is 10.3 Å². The average Bonchev–Trinajstić information content (AvgIpc) is 2.98. The second kappa shape index (κ2) is 6.50. The van der Waals surface area contributed by atoms with E-state index in [0.29, 0.717) is 19.4 Å². The SMILES string of the molecule is O=C(CC1(C(=O)O)CCC1)NCc1csc(-c2ccccc2)n1. The molecule has 0 unspecified atom stereocenters. The number of carboxylic acid groups (broad SMARTS) is 1. The number of carbonyl (C=O) groups is 2. The van der Waals surface area contributed by atoms with Crippen molar-refractivity contribution in [2.45, 2.75) is 32.2 Å². The van der Waals surface area contributed by atoms with E-state index in [4.69, 9.17) is 0 Å². The number of hydrogen-bond donors (Lipinski definition) is 2. The summed E-state index contributed by atoms with van der Waals surface area (Å²) < 4.78 is 0. The number of thiazole rings is 1. The Labute approximate surface area is 138 Å². The molecule has 1 aromatic heterocycles. The van der Waals surface area contributed by atoms with E-state index >= 15 is 0 Å². The second-order valence-corrected chi connectivity index (χ2v) is 6.76. The Kier molecular flexibility index (Phi) is 4.43. The van der Waals surface area contributed by atoms with Gasteiger partial charge in [0, 0.05) is 17.4 Å². The van der Waals surface area contributed by atoms with Crippen LogP contribution in [0, 0.1) is 5.41 Å². The first-order valence-corrected chi connectivity index (χ1v) is 8.47. The fraction of sp³-hybridized carbons (Fsp3) is 0.353. The van der Waals surface area contributed by atoms with Crippen molar-refractivity contribution in [3.8, 4) is 10.6 Å². The van der Waals surface area contributed by atoms with Gasteiger partial charge in [-0.2, -0.15) is 0 Å². The number of aromatic nitrogens is 1. The summed E-state index contributed by atoms with van der Waals surface area (Å²) in [6, 6.07) is 9.87.